The minimum Gasteiger partial charge on any atom is -0.488 e. The van der Waals surface area contributed by atoms with Gasteiger partial charge in [-0.05, 0) is 54.8 Å². The fourth-order valence-corrected chi connectivity index (χ4v) is 5.11. The average molecular weight is 667 g/mol. The van der Waals surface area contributed by atoms with Gasteiger partial charge in [-0.3, -0.25) is 10.3 Å². The van der Waals surface area contributed by atoms with Crippen LogP contribution in [0.5, 0.6) is 5.75 Å². The largest absolute Gasteiger partial charge is 0.488 e. The molecule has 0 aliphatic heterocycles. The van der Waals surface area contributed by atoms with Crippen LogP contribution in [0.4, 0.5) is 27.9 Å². The van der Waals surface area contributed by atoms with Gasteiger partial charge in [0.15, 0.2) is 5.82 Å². The van der Waals surface area contributed by atoms with Gasteiger partial charge in [-0.25, -0.2) is 19.4 Å². The lowest BCUT2D eigenvalue weighted by molar-refractivity contribution is 0.240. The lowest BCUT2D eigenvalue weighted by atomic mass is 9.92. The molecule has 11 nitrogen and oxygen atoms in total. The van der Waals surface area contributed by atoms with Crippen LogP contribution in [0.15, 0.2) is 97.5 Å². The SMILES string of the molecule is COCC#Cc1cncc(Nc2cc(COc3ccc(NC(=O)Nc4cc(C(C)(C)C)nn4-c4ccc(C)cc4)c4ccccc34)ccn2)n1. The van der Waals surface area contributed by atoms with Gasteiger partial charge in [0.25, 0.3) is 0 Å². The molecule has 3 N–H and O–H groups in total. The van der Waals surface area contributed by atoms with E-state index in [0.717, 1.165) is 33.3 Å². The summed E-state index contributed by atoms with van der Waals surface area (Å²) in [4.78, 5) is 26.5. The highest BCUT2D eigenvalue weighted by Crippen LogP contribution is 2.33. The summed E-state index contributed by atoms with van der Waals surface area (Å²) in [5, 5.41) is 15.7. The highest BCUT2D eigenvalue weighted by Gasteiger charge is 2.22. The molecule has 11 heteroatoms. The van der Waals surface area contributed by atoms with Crippen molar-refractivity contribution in [1.29, 1.82) is 0 Å². The third kappa shape index (κ3) is 8.24. The van der Waals surface area contributed by atoms with E-state index < -0.39 is 0 Å². The van der Waals surface area contributed by atoms with Crippen LogP contribution in [0.25, 0.3) is 16.5 Å². The van der Waals surface area contributed by atoms with Crippen LogP contribution in [0.1, 0.15) is 43.3 Å². The molecule has 0 radical (unpaired) electrons. The van der Waals surface area contributed by atoms with E-state index in [0.29, 0.717) is 47.8 Å². The lowest BCUT2D eigenvalue weighted by Crippen LogP contribution is -2.21. The summed E-state index contributed by atoms with van der Waals surface area (Å²) < 4.78 is 13.0. The van der Waals surface area contributed by atoms with Gasteiger partial charge in [-0.2, -0.15) is 5.10 Å². The monoisotopic (exact) mass is 666 g/mol. The quantitative estimate of drug-likeness (QED) is 0.134. The number of methoxy groups -OCH3 is 1. The number of nitrogens with zero attached hydrogens (tertiary/aromatic N) is 5. The smallest absolute Gasteiger partial charge is 0.324 e. The van der Waals surface area contributed by atoms with E-state index in [1.54, 1.807) is 30.4 Å². The lowest BCUT2D eigenvalue weighted by Gasteiger charge is -2.15. The number of amides is 2. The van der Waals surface area contributed by atoms with E-state index in [-0.39, 0.29) is 11.4 Å². The van der Waals surface area contributed by atoms with Crippen LogP contribution in [-0.2, 0) is 16.8 Å². The number of nitrogens with one attached hydrogen (secondary N) is 3. The van der Waals surface area contributed by atoms with Gasteiger partial charge in [0.1, 0.15) is 36.3 Å². The van der Waals surface area contributed by atoms with E-state index in [1.807, 2.05) is 85.8 Å². The van der Waals surface area contributed by atoms with Gasteiger partial charge in [0.2, 0.25) is 0 Å². The number of pyridine rings is 1. The Balaban J connectivity index is 1.16. The number of carbonyl (C=O) groups excluding carboxylic acids is 1. The molecule has 50 heavy (non-hydrogen) atoms. The molecule has 0 aliphatic carbocycles. The number of fused-ring (bicyclic) bond motifs is 1. The molecule has 0 aliphatic rings. The number of aromatic nitrogens is 5. The summed E-state index contributed by atoms with van der Waals surface area (Å²) in [6.45, 7) is 8.92. The summed E-state index contributed by atoms with van der Waals surface area (Å²) >= 11 is 0. The van der Waals surface area contributed by atoms with Crippen LogP contribution < -0.4 is 20.7 Å². The number of aryl methyl sites for hydroxylation is 1. The Hall–Kier alpha value is -6.25. The van der Waals surface area contributed by atoms with Gasteiger partial charge >= 0.3 is 6.03 Å². The van der Waals surface area contributed by atoms with Crippen LogP contribution >= 0.6 is 0 Å². The first-order chi connectivity index (χ1) is 24.2. The van der Waals surface area contributed by atoms with Crippen molar-refractivity contribution < 1.29 is 14.3 Å². The highest BCUT2D eigenvalue weighted by atomic mass is 16.5. The molecule has 0 bridgehead atoms. The molecule has 0 spiro atoms. The van der Waals surface area contributed by atoms with Crippen molar-refractivity contribution in [2.24, 2.45) is 0 Å². The van der Waals surface area contributed by atoms with Crippen LogP contribution in [-0.4, -0.2) is 44.5 Å². The predicted molar refractivity (Wildman–Crippen MR) is 196 cm³/mol. The van der Waals surface area contributed by atoms with Gasteiger partial charge in [-0.15, -0.1) is 0 Å². The minimum absolute atomic E-state index is 0.205. The first kappa shape index (κ1) is 33.6. The molecule has 3 aromatic heterocycles. The Morgan fingerprint density at radius 2 is 1.72 bits per heavy atom. The molecule has 0 atom stereocenters. The number of rotatable bonds is 9. The van der Waals surface area contributed by atoms with Crippen molar-refractivity contribution in [2.45, 2.75) is 39.7 Å². The number of urea groups is 1. The molecule has 3 heterocycles. The first-order valence-electron chi connectivity index (χ1n) is 16.1. The number of benzene rings is 3. The third-order valence-corrected chi connectivity index (χ3v) is 7.67. The fourth-order valence-electron chi connectivity index (χ4n) is 5.11. The van der Waals surface area contributed by atoms with E-state index >= 15 is 0 Å². The molecular formula is C39H38N8O3. The summed E-state index contributed by atoms with van der Waals surface area (Å²) in [7, 11) is 1.59. The summed E-state index contributed by atoms with van der Waals surface area (Å²) in [5.41, 5.74) is 4.73. The first-order valence-corrected chi connectivity index (χ1v) is 16.1. The van der Waals surface area contributed by atoms with Gasteiger partial charge in [0.05, 0.1) is 29.5 Å². The molecule has 252 valence electrons. The second-order valence-electron chi connectivity index (χ2n) is 12.6. The highest BCUT2D eigenvalue weighted by molar-refractivity contribution is 6.07. The van der Waals surface area contributed by atoms with E-state index in [4.69, 9.17) is 14.6 Å². The molecule has 2 amide bonds. The Morgan fingerprint density at radius 3 is 2.50 bits per heavy atom. The second-order valence-corrected chi connectivity index (χ2v) is 12.6. The van der Waals surface area contributed by atoms with Crippen LogP contribution in [0.2, 0.25) is 0 Å². The fraction of sp³-hybridized carbons (Fsp3) is 0.205. The number of ether oxygens (including phenoxy) is 2. The Morgan fingerprint density at radius 1 is 0.920 bits per heavy atom. The molecule has 0 fully saturated rings. The molecule has 3 aromatic carbocycles. The topological polar surface area (TPSA) is 128 Å². The summed E-state index contributed by atoms with van der Waals surface area (Å²) in [6.07, 6.45) is 4.90. The minimum atomic E-state index is -0.383. The maximum Gasteiger partial charge on any atom is 0.324 e. The Kier molecular flexibility index (Phi) is 10.0. The van der Waals surface area contributed by atoms with Crippen LogP contribution in [0.3, 0.4) is 0 Å². The molecule has 0 saturated heterocycles. The van der Waals surface area contributed by atoms with Crippen molar-refractivity contribution >= 4 is 39.9 Å². The van der Waals surface area contributed by atoms with Gasteiger partial charge in [0, 0.05) is 35.6 Å². The molecular weight excluding hydrogens is 628 g/mol. The maximum absolute atomic E-state index is 13.4. The molecule has 6 aromatic rings. The van der Waals surface area contributed by atoms with E-state index in [9.17, 15) is 4.79 Å². The van der Waals surface area contributed by atoms with Crippen molar-refractivity contribution in [2.75, 3.05) is 29.7 Å². The Labute approximate surface area is 291 Å². The Bertz CT molecular complexity index is 2190. The van der Waals surface area contributed by atoms with Crippen molar-refractivity contribution in [3.05, 3.63) is 120 Å². The molecule has 0 unspecified atom stereocenters. The van der Waals surface area contributed by atoms with E-state index in [2.05, 4.69) is 63.5 Å². The zero-order valence-electron chi connectivity index (χ0n) is 28.6. The van der Waals surface area contributed by atoms with Crippen LogP contribution in [0, 0.1) is 18.8 Å². The number of hydrogen-bond donors (Lipinski definition) is 3. The normalized spacial score (nSPS) is 11.1. The van der Waals surface area contributed by atoms with Crippen molar-refractivity contribution in [3.8, 4) is 23.3 Å². The zero-order valence-corrected chi connectivity index (χ0v) is 28.6. The standard InChI is InChI=1S/C39H38N8O3/c1-26-12-14-29(15-13-26)47-37(22-34(46-47)39(2,3)4)45-38(48)43-32-16-17-33(31-11-7-6-10-30(31)32)50-25-27-18-19-41-35(21-27)44-36-24-40-23-28(42-36)9-8-20-49-5/h6-7,10-19,21-24H,20,25H2,1-5H3,(H,41,42,44)(H2,43,45,48). The van der Waals surface area contributed by atoms with Gasteiger partial charge < -0.3 is 20.1 Å². The molecule has 6 rings (SSSR count). The van der Waals surface area contributed by atoms with Crippen molar-refractivity contribution in [3.63, 3.8) is 0 Å². The number of anilines is 4. The second kappa shape index (κ2) is 14.9. The zero-order chi connectivity index (χ0) is 35.1. The predicted octanol–water partition coefficient (Wildman–Crippen LogP) is 7.78. The molecule has 0 saturated carbocycles. The third-order valence-electron chi connectivity index (χ3n) is 7.67. The number of carbonyl (C=O) groups is 1. The average Bonchev–Trinajstić information content (AvgIpc) is 3.53. The maximum atomic E-state index is 13.4. The van der Waals surface area contributed by atoms with E-state index in [1.165, 1.54) is 0 Å². The summed E-state index contributed by atoms with van der Waals surface area (Å²) in [6, 6.07) is 24.8. The van der Waals surface area contributed by atoms with Crippen molar-refractivity contribution in [1.82, 2.24) is 24.7 Å². The van der Waals surface area contributed by atoms with Gasteiger partial charge in [-0.1, -0.05) is 68.7 Å². The summed E-state index contributed by atoms with van der Waals surface area (Å²) in [5.74, 6) is 8.15. The number of hydrogen-bond acceptors (Lipinski definition) is 8.